The first-order chi connectivity index (χ1) is 8.74. The van der Waals surface area contributed by atoms with Crippen molar-refractivity contribution in [3.05, 3.63) is 16.4 Å². The molecule has 0 aliphatic rings. The topological polar surface area (TPSA) is 64.0 Å². The maximum atomic E-state index is 11.5. The van der Waals surface area contributed by atoms with Crippen LogP contribution in [0.2, 0.25) is 5.02 Å². The molecular weight excluding hydrogens is 286 g/mol. The number of hydrogen-bond donors (Lipinski definition) is 1. The highest BCUT2D eigenvalue weighted by Crippen LogP contribution is 2.21. The van der Waals surface area contributed by atoms with Crippen molar-refractivity contribution in [2.75, 3.05) is 18.6 Å². The maximum absolute atomic E-state index is 11.5. The number of sulfone groups is 1. The summed E-state index contributed by atoms with van der Waals surface area (Å²) in [4.78, 5) is 0. The van der Waals surface area contributed by atoms with Gasteiger partial charge in [0.2, 0.25) is 0 Å². The van der Waals surface area contributed by atoms with E-state index in [4.69, 9.17) is 11.6 Å². The van der Waals surface area contributed by atoms with Crippen molar-refractivity contribution in [2.45, 2.75) is 32.7 Å². The van der Waals surface area contributed by atoms with Gasteiger partial charge in [0.1, 0.15) is 9.84 Å². The highest BCUT2D eigenvalue weighted by Gasteiger charge is 2.20. The molecule has 1 atom stereocenters. The molecule has 0 spiro atoms. The summed E-state index contributed by atoms with van der Waals surface area (Å²) in [6.45, 7) is 4.68. The number of nitrogens with one attached hydrogen (secondary N) is 1. The van der Waals surface area contributed by atoms with E-state index in [0.717, 1.165) is 24.4 Å². The van der Waals surface area contributed by atoms with Crippen LogP contribution < -0.4 is 5.32 Å². The van der Waals surface area contributed by atoms with Gasteiger partial charge in [-0.2, -0.15) is 5.10 Å². The first kappa shape index (κ1) is 16.5. The zero-order valence-electron chi connectivity index (χ0n) is 11.9. The Balaban J connectivity index is 2.87. The monoisotopic (exact) mass is 307 g/mol. The third-order valence-corrected chi connectivity index (χ3v) is 4.39. The lowest BCUT2D eigenvalue weighted by Crippen LogP contribution is -2.38. The molecule has 1 rings (SSSR count). The van der Waals surface area contributed by atoms with Crippen LogP contribution in [-0.2, 0) is 23.3 Å². The van der Waals surface area contributed by atoms with Gasteiger partial charge in [-0.15, -0.1) is 0 Å². The van der Waals surface area contributed by atoms with Gasteiger partial charge in [-0.3, -0.25) is 4.68 Å². The van der Waals surface area contributed by atoms with Crippen LogP contribution in [0.4, 0.5) is 0 Å². The van der Waals surface area contributed by atoms with E-state index in [1.165, 1.54) is 6.26 Å². The second-order valence-corrected chi connectivity index (χ2v) is 7.48. The second-order valence-electron chi connectivity index (χ2n) is 4.92. The molecule has 1 aromatic heterocycles. The Labute approximate surface area is 120 Å². The summed E-state index contributed by atoms with van der Waals surface area (Å²) in [5.41, 5.74) is 1.64. The number of hydrogen-bond acceptors (Lipinski definition) is 4. The van der Waals surface area contributed by atoms with Gasteiger partial charge >= 0.3 is 0 Å². The van der Waals surface area contributed by atoms with E-state index in [1.54, 1.807) is 4.68 Å². The van der Waals surface area contributed by atoms with Crippen LogP contribution in [0, 0.1) is 6.92 Å². The Hall–Kier alpha value is -0.590. The van der Waals surface area contributed by atoms with Gasteiger partial charge < -0.3 is 5.32 Å². The van der Waals surface area contributed by atoms with Crippen LogP contribution in [-0.4, -0.2) is 42.8 Å². The van der Waals surface area contributed by atoms with Crippen LogP contribution in [0.25, 0.3) is 0 Å². The predicted molar refractivity (Wildman–Crippen MR) is 78.5 cm³/mol. The Kier molecular flexibility index (Phi) is 5.82. The highest BCUT2D eigenvalue weighted by molar-refractivity contribution is 7.90. The van der Waals surface area contributed by atoms with Crippen LogP contribution in [0.3, 0.4) is 0 Å². The van der Waals surface area contributed by atoms with E-state index in [1.807, 2.05) is 20.9 Å². The third kappa shape index (κ3) is 5.12. The van der Waals surface area contributed by atoms with Gasteiger partial charge in [0, 0.05) is 25.8 Å². The quantitative estimate of drug-likeness (QED) is 0.825. The first-order valence-corrected chi connectivity index (χ1v) is 8.77. The molecular formula is C12H22ClN3O2S. The number of rotatable bonds is 7. The second kappa shape index (κ2) is 6.72. The molecule has 0 aliphatic carbocycles. The number of aromatic nitrogens is 2. The standard InChI is InChI=1S/C12H22ClN3O2S/c1-5-6-14-10(8-19(4,17)18)7-11-12(13)9(2)15-16(11)3/h10,14H,5-8H2,1-4H3. The van der Waals surface area contributed by atoms with E-state index in [0.29, 0.717) is 11.4 Å². The van der Waals surface area contributed by atoms with Gasteiger partial charge in [0.15, 0.2) is 0 Å². The van der Waals surface area contributed by atoms with Crippen molar-refractivity contribution < 1.29 is 8.42 Å². The minimum absolute atomic E-state index is 0.105. The zero-order chi connectivity index (χ0) is 14.6. The van der Waals surface area contributed by atoms with E-state index < -0.39 is 9.84 Å². The molecule has 1 N–H and O–H groups in total. The van der Waals surface area contributed by atoms with Gasteiger partial charge in [-0.25, -0.2) is 8.42 Å². The Morgan fingerprint density at radius 1 is 1.47 bits per heavy atom. The molecule has 0 aliphatic heterocycles. The van der Waals surface area contributed by atoms with Crippen LogP contribution in [0.1, 0.15) is 24.7 Å². The lowest BCUT2D eigenvalue weighted by molar-refractivity contribution is 0.516. The molecule has 7 heteroatoms. The van der Waals surface area contributed by atoms with Gasteiger partial charge in [0.05, 0.1) is 22.2 Å². The molecule has 5 nitrogen and oxygen atoms in total. The lowest BCUT2D eigenvalue weighted by atomic mass is 10.1. The molecule has 0 radical (unpaired) electrons. The molecule has 1 heterocycles. The summed E-state index contributed by atoms with van der Waals surface area (Å²) in [6, 6.07) is -0.137. The van der Waals surface area contributed by atoms with E-state index >= 15 is 0 Å². The Morgan fingerprint density at radius 3 is 2.53 bits per heavy atom. The van der Waals surface area contributed by atoms with E-state index in [2.05, 4.69) is 10.4 Å². The molecule has 0 aromatic carbocycles. The van der Waals surface area contributed by atoms with E-state index in [9.17, 15) is 8.42 Å². The Bertz CT molecular complexity index is 525. The number of nitrogens with zero attached hydrogens (tertiary/aromatic N) is 2. The van der Waals surface area contributed by atoms with Crippen molar-refractivity contribution in [2.24, 2.45) is 7.05 Å². The molecule has 0 amide bonds. The minimum Gasteiger partial charge on any atom is -0.313 e. The first-order valence-electron chi connectivity index (χ1n) is 6.33. The molecule has 0 bridgehead atoms. The third-order valence-electron chi connectivity index (χ3n) is 2.89. The minimum atomic E-state index is -3.03. The molecule has 0 saturated carbocycles. The van der Waals surface area contributed by atoms with Crippen molar-refractivity contribution in [1.29, 1.82) is 0 Å². The summed E-state index contributed by atoms with van der Waals surface area (Å²) in [7, 11) is -1.20. The smallest absolute Gasteiger partial charge is 0.148 e. The van der Waals surface area contributed by atoms with Crippen LogP contribution in [0.15, 0.2) is 0 Å². The van der Waals surface area contributed by atoms with Gasteiger partial charge in [0.25, 0.3) is 0 Å². The largest absolute Gasteiger partial charge is 0.313 e. The van der Waals surface area contributed by atoms with Crippen molar-refractivity contribution in [3.63, 3.8) is 0 Å². The summed E-state index contributed by atoms with van der Waals surface area (Å²) in [5, 5.41) is 8.13. The van der Waals surface area contributed by atoms with E-state index in [-0.39, 0.29) is 11.8 Å². The lowest BCUT2D eigenvalue weighted by Gasteiger charge is -2.18. The van der Waals surface area contributed by atoms with Crippen molar-refractivity contribution in [1.82, 2.24) is 15.1 Å². The maximum Gasteiger partial charge on any atom is 0.148 e. The summed E-state index contributed by atoms with van der Waals surface area (Å²) in [5.74, 6) is 0.105. The molecule has 1 unspecified atom stereocenters. The van der Waals surface area contributed by atoms with Crippen molar-refractivity contribution in [3.8, 4) is 0 Å². The van der Waals surface area contributed by atoms with Crippen molar-refractivity contribution >= 4 is 21.4 Å². The fraction of sp³-hybridized carbons (Fsp3) is 0.750. The highest BCUT2D eigenvalue weighted by atomic mass is 35.5. The summed E-state index contributed by atoms with van der Waals surface area (Å²) in [6.07, 6.45) is 2.77. The fourth-order valence-corrected chi connectivity index (χ4v) is 3.24. The summed E-state index contributed by atoms with van der Waals surface area (Å²) < 4.78 is 24.7. The molecule has 1 aromatic rings. The average Bonchev–Trinajstić information content (AvgIpc) is 2.51. The number of halogens is 1. The normalized spacial score (nSPS) is 13.7. The number of aryl methyl sites for hydroxylation is 2. The van der Waals surface area contributed by atoms with Gasteiger partial charge in [-0.1, -0.05) is 18.5 Å². The van der Waals surface area contributed by atoms with Crippen LogP contribution in [0.5, 0.6) is 0 Å². The zero-order valence-corrected chi connectivity index (χ0v) is 13.5. The molecule has 0 fully saturated rings. The summed E-state index contributed by atoms with van der Waals surface area (Å²) >= 11 is 6.20. The van der Waals surface area contributed by atoms with Crippen LogP contribution >= 0.6 is 11.6 Å². The molecule has 19 heavy (non-hydrogen) atoms. The van der Waals surface area contributed by atoms with Gasteiger partial charge in [-0.05, 0) is 19.9 Å². The Morgan fingerprint density at radius 2 is 2.11 bits per heavy atom. The average molecular weight is 308 g/mol. The molecule has 110 valence electrons. The molecule has 0 saturated heterocycles. The fourth-order valence-electron chi connectivity index (χ4n) is 2.04. The SMILES string of the molecule is CCCNC(Cc1c(Cl)c(C)nn1C)CS(C)(=O)=O. The predicted octanol–water partition coefficient (Wildman–Crippen LogP) is 1.34.